The lowest BCUT2D eigenvalue weighted by molar-refractivity contribution is -0.124. The molecule has 1 amide bonds. The Hall–Kier alpha value is -2.63. The van der Waals surface area contributed by atoms with Crippen molar-refractivity contribution in [2.75, 3.05) is 13.2 Å². The Morgan fingerprint density at radius 1 is 1.26 bits per heavy atom. The molecule has 0 aliphatic heterocycles. The van der Waals surface area contributed by atoms with E-state index in [1.807, 2.05) is 44.2 Å². The van der Waals surface area contributed by atoms with Crippen LogP contribution in [0.3, 0.4) is 0 Å². The third kappa shape index (κ3) is 4.42. The molecule has 0 spiro atoms. The molecule has 0 saturated carbocycles. The number of ether oxygens (including phenoxy) is 1. The Morgan fingerprint density at radius 3 is 2.61 bits per heavy atom. The first-order valence-corrected chi connectivity index (χ1v) is 7.44. The van der Waals surface area contributed by atoms with Crippen LogP contribution in [0.1, 0.15) is 30.0 Å². The van der Waals surface area contributed by atoms with Crippen LogP contribution in [0.25, 0.3) is 11.3 Å². The lowest BCUT2D eigenvalue weighted by Crippen LogP contribution is -2.31. The van der Waals surface area contributed by atoms with Gasteiger partial charge in [0.15, 0.2) is 6.61 Å². The van der Waals surface area contributed by atoms with Crippen LogP contribution in [0, 0.1) is 12.8 Å². The van der Waals surface area contributed by atoms with Crippen molar-refractivity contribution in [3.05, 3.63) is 41.7 Å². The summed E-state index contributed by atoms with van der Waals surface area (Å²) in [5.41, 5.74) is 1.41. The summed E-state index contributed by atoms with van der Waals surface area (Å²) in [5.74, 6) is -0.263. The van der Waals surface area contributed by atoms with E-state index in [0.717, 1.165) is 5.56 Å². The number of carbonyl (C=O) groups excluding carboxylic acids is 2. The number of rotatable bonds is 6. The van der Waals surface area contributed by atoms with Gasteiger partial charge in [-0.3, -0.25) is 4.79 Å². The number of aromatic nitrogens is 1. The highest BCUT2D eigenvalue weighted by molar-refractivity contribution is 5.98. The molecule has 0 radical (unpaired) electrons. The first-order chi connectivity index (χ1) is 11.0. The third-order valence-corrected chi connectivity index (χ3v) is 3.16. The molecular formula is C17H20N2O4. The van der Waals surface area contributed by atoms with Gasteiger partial charge < -0.3 is 14.6 Å². The SMILES string of the molecule is Cc1onc(-c2ccccc2)c1C(=O)OCC(=O)NCC(C)C. The highest BCUT2D eigenvalue weighted by Gasteiger charge is 2.23. The summed E-state index contributed by atoms with van der Waals surface area (Å²) in [6, 6.07) is 9.20. The summed E-state index contributed by atoms with van der Waals surface area (Å²) in [6.07, 6.45) is 0. The van der Waals surface area contributed by atoms with Crippen LogP contribution in [-0.4, -0.2) is 30.2 Å². The van der Waals surface area contributed by atoms with Gasteiger partial charge in [0, 0.05) is 12.1 Å². The second kappa shape index (κ2) is 7.58. The van der Waals surface area contributed by atoms with E-state index in [-0.39, 0.29) is 18.1 Å². The summed E-state index contributed by atoms with van der Waals surface area (Å²) in [5, 5.41) is 6.61. The molecule has 0 aliphatic carbocycles. The molecule has 1 aromatic carbocycles. The molecule has 2 rings (SSSR count). The fourth-order valence-corrected chi connectivity index (χ4v) is 1.98. The molecule has 6 nitrogen and oxygen atoms in total. The Morgan fingerprint density at radius 2 is 1.96 bits per heavy atom. The minimum atomic E-state index is -0.623. The van der Waals surface area contributed by atoms with Crippen molar-refractivity contribution in [1.82, 2.24) is 10.5 Å². The largest absolute Gasteiger partial charge is 0.452 e. The first-order valence-electron chi connectivity index (χ1n) is 7.44. The Labute approximate surface area is 134 Å². The van der Waals surface area contributed by atoms with Crippen molar-refractivity contribution in [3.63, 3.8) is 0 Å². The molecule has 0 unspecified atom stereocenters. The molecule has 1 heterocycles. The molecule has 23 heavy (non-hydrogen) atoms. The van der Waals surface area contributed by atoms with Gasteiger partial charge in [0.25, 0.3) is 5.91 Å². The maximum absolute atomic E-state index is 12.3. The van der Waals surface area contributed by atoms with E-state index >= 15 is 0 Å². The maximum atomic E-state index is 12.3. The predicted octanol–water partition coefficient (Wildman–Crippen LogP) is 2.58. The van der Waals surface area contributed by atoms with Crippen molar-refractivity contribution >= 4 is 11.9 Å². The van der Waals surface area contributed by atoms with Gasteiger partial charge in [0.05, 0.1) is 0 Å². The Kier molecular flexibility index (Phi) is 5.51. The van der Waals surface area contributed by atoms with Gasteiger partial charge in [-0.05, 0) is 12.8 Å². The number of nitrogens with zero attached hydrogens (tertiary/aromatic N) is 1. The van der Waals surface area contributed by atoms with Crippen molar-refractivity contribution in [3.8, 4) is 11.3 Å². The van der Waals surface area contributed by atoms with Crippen LogP contribution in [0.5, 0.6) is 0 Å². The van der Waals surface area contributed by atoms with Crippen LogP contribution in [-0.2, 0) is 9.53 Å². The number of carbonyl (C=O) groups is 2. The van der Waals surface area contributed by atoms with Crippen LogP contribution in [0.4, 0.5) is 0 Å². The summed E-state index contributed by atoms with van der Waals surface area (Å²) in [4.78, 5) is 23.9. The lowest BCUT2D eigenvalue weighted by Gasteiger charge is -2.08. The molecule has 6 heteroatoms. The van der Waals surface area contributed by atoms with E-state index in [2.05, 4.69) is 10.5 Å². The van der Waals surface area contributed by atoms with E-state index in [1.165, 1.54) is 0 Å². The summed E-state index contributed by atoms with van der Waals surface area (Å²) >= 11 is 0. The van der Waals surface area contributed by atoms with Crippen molar-refractivity contribution in [2.24, 2.45) is 5.92 Å². The standard InChI is InChI=1S/C17H20N2O4/c1-11(2)9-18-14(20)10-22-17(21)15-12(3)23-19-16(15)13-7-5-4-6-8-13/h4-8,11H,9-10H2,1-3H3,(H,18,20). The highest BCUT2D eigenvalue weighted by atomic mass is 16.5. The highest BCUT2D eigenvalue weighted by Crippen LogP contribution is 2.25. The van der Waals surface area contributed by atoms with Crippen LogP contribution < -0.4 is 5.32 Å². The molecule has 0 fully saturated rings. The molecule has 1 aromatic heterocycles. The number of benzene rings is 1. The van der Waals surface area contributed by atoms with Crippen molar-refractivity contribution < 1.29 is 18.8 Å². The number of hydrogen-bond acceptors (Lipinski definition) is 5. The fourth-order valence-electron chi connectivity index (χ4n) is 1.98. The van der Waals surface area contributed by atoms with Gasteiger partial charge in [-0.15, -0.1) is 0 Å². The Bertz CT molecular complexity index is 677. The van der Waals surface area contributed by atoms with Gasteiger partial charge in [-0.25, -0.2) is 4.79 Å². The first kappa shape index (κ1) is 16.7. The van der Waals surface area contributed by atoms with Gasteiger partial charge >= 0.3 is 5.97 Å². The van der Waals surface area contributed by atoms with Crippen LogP contribution >= 0.6 is 0 Å². The van der Waals surface area contributed by atoms with E-state index in [4.69, 9.17) is 9.26 Å². The van der Waals surface area contributed by atoms with Gasteiger partial charge in [-0.1, -0.05) is 49.3 Å². The molecule has 0 atom stereocenters. The fraction of sp³-hybridized carbons (Fsp3) is 0.353. The summed E-state index contributed by atoms with van der Waals surface area (Å²) in [7, 11) is 0. The van der Waals surface area contributed by atoms with Gasteiger partial charge in [-0.2, -0.15) is 0 Å². The number of nitrogens with one attached hydrogen (secondary N) is 1. The maximum Gasteiger partial charge on any atom is 0.344 e. The second-order valence-electron chi connectivity index (χ2n) is 5.60. The number of aryl methyl sites for hydroxylation is 1. The van der Waals surface area contributed by atoms with Gasteiger partial charge in [0.2, 0.25) is 0 Å². The topological polar surface area (TPSA) is 81.4 Å². The molecule has 2 aromatic rings. The lowest BCUT2D eigenvalue weighted by atomic mass is 10.1. The quantitative estimate of drug-likeness (QED) is 0.828. The average Bonchev–Trinajstić information content (AvgIpc) is 2.93. The van der Waals surface area contributed by atoms with E-state index in [9.17, 15) is 9.59 Å². The molecule has 122 valence electrons. The smallest absolute Gasteiger partial charge is 0.344 e. The summed E-state index contributed by atoms with van der Waals surface area (Å²) < 4.78 is 10.2. The van der Waals surface area contributed by atoms with Crippen molar-refractivity contribution in [1.29, 1.82) is 0 Å². The van der Waals surface area contributed by atoms with Gasteiger partial charge in [0.1, 0.15) is 17.0 Å². The zero-order chi connectivity index (χ0) is 16.8. The molecule has 1 N–H and O–H groups in total. The molecule has 0 bridgehead atoms. The van der Waals surface area contributed by atoms with E-state index < -0.39 is 5.97 Å². The number of hydrogen-bond donors (Lipinski definition) is 1. The zero-order valence-electron chi connectivity index (χ0n) is 13.5. The van der Waals surface area contributed by atoms with Crippen LogP contribution in [0.2, 0.25) is 0 Å². The van der Waals surface area contributed by atoms with E-state index in [0.29, 0.717) is 23.9 Å². The monoisotopic (exact) mass is 316 g/mol. The number of esters is 1. The molecule has 0 aliphatic rings. The second-order valence-corrected chi connectivity index (χ2v) is 5.60. The molecular weight excluding hydrogens is 296 g/mol. The minimum absolute atomic E-state index is 0.243. The minimum Gasteiger partial charge on any atom is -0.452 e. The number of amides is 1. The normalized spacial score (nSPS) is 10.6. The Balaban J connectivity index is 2.06. The van der Waals surface area contributed by atoms with Crippen LogP contribution in [0.15, 0.2) is 34.9 Å². The summed E-state index contributed by atoms with van der Waals surface area (Å²) in [6.45, 7) is 5.81. The van der Waals surface area contributed by atoms with E-state index in [1.54, 1.807) is 6.92 Å². The predicted molar refractivity (Wildman–Crippen MR) is 84.8 cm³/mol. The average molecular weight is 316 g/mol. The molecule has 0 saturated heterocycles. The third-order valence-electron chi connectivity index (χ3n) is 3.16. The zero-order valence-corrected chi connectivity index (χ0v) is 13.5. The van der Waals surface area contributed by atoms with Crippen molar-refractivity contribution in [2.45, 2.75) is 20.8 Å².